The fraction of sp³-hybridized carbons (Fsp3) is 0.278. The summed E-state index contributed by atoms with van der Waals surface area (Å²) in [5.74, 6) is -0.505. The van der Waals surface area contributed by atoms with E-state index in [2.05, 4.69) is 10.2 Å². The summed E-state index contributed by atoms with van der Waals surface area (Å²) in [6, 6.07) is 11.4. The molecule has 2 aromatic rings. The van der Waals surface area contributed by atoms with Gasteiger partial charge in [-0.25, -0.2) is 4.39 Å². The van der Waals surface area contributed by atoms with Gasteiger partial charge in [0.15, 0.2) is 6.54 Å². The van der Waals surface area contributed by atoms with E-state index in [4.69, 9.17) is 11.6 Å². The smallest absolute Gasteiger partial charge is 0.279 e. The van der Waals surface area contributed by atoms with Crippen molar-refractivity contribution in [1.82, 2.24) is 0 Å². The van der Waals surface area contributed by atoms with Crippen LogP contribution in [0.5, 0.6) is 5.75 Å². The molecular formula is C18H20ClFN3O2+. The van der Waals surface area contributed by atoms with E-state index in [9.17, 15) is 14.3 Å². The highest BCUT2D eigenvalue weighted by Crippen LogP contribution is 2.26. The molecule has 3 rings (SSSR count). The number of hydrogen-bond donors (Lipinski definition) is 3. The number of rotatable bonds is 4. The first kappa shape index (κ1) is 17.5. The van der Waals surface area contributed by atoms with E-state index in [0.717, 1.165) is 36.8 Å². The standard InChI is InChI=1S/C18H19ClFN3O2/c19-13-5-6-15(14(20)11-13)21-18(25)12-22-7-9-23(10-8-22)16-3-1-2-4-17(16)24/h1-6,11,24H,7-10,12H2,(H,21,25)/p+1. The lowest BCUT2D eigenvalue weighted by atomic mass is 10.2. The predicted octanol–water partition coefficient (Wildman–Crippen LogP) is 1.53. The van der Waals surface area contributed by atoms with Gasteiger partial charge in [-0.1, -0.05) is 23.7 Å². The van der Waals surface area contributed by atoms with Gasteiger partial charge in [0, 0.05) is 5.02 Å². The van der Waals surface area contributed by atoms with Crippen LogP contribution in [0.1, 0.15) is 0 Å². The number of benzene rings is 2. The number of halogens is 2. The van der Waals surface area contributed by atoms with Crippen LogP contribution in [0.3, 0.4) is 0 Å². The Kier molecular flexibility index (Phi) is 5.40. The van der Waals surface area contributed by atoms with Crippen LogP contribution in [0.25, 0.3) is 0 Å². The monoisotopic (exact) mass is 364 g/mol. The van der Waals surface area contributed by atoms with E-state index >= 15 is 0 Å². The summed E-state index contributed by atoms with van der Waals surface area (Å²) in [4.78, 5) is 15.4. The van der Waals surface area contributed by atoms with Gasteiger partial charge < -0.3 is 20.2 Å². The van der Waals surface area contributed by atoms with Crippen LogP contribution in [-0.2, 0) is 4.79 Å². The van der Waals surface area contributed by atoms with Crippen LogP contribution in [0.15, 0.2) is 42.5 Å². The minimum Gasteiger partial charge on any atom is -0.506 e. The molecule has 0 saturated carbocycles. The Bertz CT molecular complexity index is 764. The number of anilines is 2. The molecule has 0 spiro atoms. The summed E-state index contributed by atoms with van der Waals surface area (Å²) in [6.07, 6.45) is 0. The second-order valence-corrected chi connectivity index (χ2v) is 6.51. The van der Waals surface area contributed by atoms with E-state index in [0.29, 0.717) is 5.02 Å². The minimum atomic E-state index is -0.541. The van der Waals surface area contributed by atoms with Gasteiger partial charge in [0.1, 0.15) is 11.6 Å². The largest absolute Gasteiger partial charge is 0.506 e. The number of para-hydroxylation sites is 2. The predicted molar refractivity (Wildman–Crippen MR) is 95.9 cm³/mol. The molecule has 0 radical (unpaired) electrons. The molecule has 0 aromatic heterocycles. The first-order valence-corrected chi connectivity index (χ1v) is 8.52. The Morgan fingerprint density at radius 1 is 1.24 bits per heavy atom. The molecule has 0 unspecified atom stereocenters. The Hall–Kier alpha value is -2.31. The number of carbonyl (C=O) groups is 1. The lowest BCUT2D eigenvalue weighted by Gasteiger charge is -2.33. The molecule has 5 nitrogen and oxygen atoms in total. The average molecular weight is 365 g/mol. The van der Waals surface area contributed by atoms with Gasteiger partial charge in [-0.3, -0.25) is 4.79 Å². The summed E-state index contributed by atoms with van der Waals surface area (Å²) < 4.78 is 13.7. The van der Waals surface area contributed by atoms with Crippen LogP contribution >= 0.6 is 11.6 Å². The molecule has 7 heteroatoms. The van der Waals surface area contributed by atoms with Gasteiger partial charge >= 0.3 is 0 Å². The number of phenols is 1. The maximum Gasteiger partial charge on any atom is 0.279 e. The molecule has 1 saturated heterocycles. The number of carbonyl (C=O) groups excluding carboxylic acids is 1. The second-order valence-electron chi connectivity index (χ2n) is 6.07. The third-order valence-electron chi connectivity index (χ3n) is 4.31. The lowest BCUT2D eigenvalue weighted by Crippen LogP contribution is -3.15. The maximum atomic E-state index is 13.7. The van der Waals surface area contributed by atoms with Gasteiger partial charge in [0.25, 0.3) is 5.91 Å². The number of phenolic OH excluding ortho intramolecular Hbond substituents is 1. The Labute approximate surface area is 150 Å². The van der Waals surface area contributed by atoms with E-state index in [-0.39, 0.29) is 23.9 Å². The highest BCUT2D eigenvalue weighted by molar-refractivity contribution is 6.30. The molecule has 132 valence electrons. The molecule has 2 aromatic carbocycles. The number of nitrogens with zero attached hydrogens (tertiary/aromatic N) is 1. The molecule has 1 fully saturated rings. The van der Waals surface area contributed by atoms with Crippen molar-refractivity contribution in [3.63, 3.8) is 0 Å². The molecule has 0 atom stereocenters. The molecule has 1 aliphatic rings. The fourth-order valence-electron chi connectivity index (χ4n) is 2.98. The number of quaternary nitrogens is 1. The third-order valence-corrected chi connectivity index (χ3v) is 4.54. The molecule has 25 heavy (non-hydrogen) atoms. The first-order chi connectivity index (χ1) is 12.0. The highest BCUT2D eigenvalue weighted by Gasteiger charge is 2.23. The first-order valence-electron chi connectivity index (χ1n) is 8.14. The Balaban J connectivity index is 1.52. The lowest BCUT2D eigenvalue weighted by molar-refractivity contribution is -0.892. The normalized spacial score (nSPS) is 15.2. The maximum absolute atomic E-state index is 13.7. The molecule has 1 amide bonds. The van der Waals surface area contributed by atoms with Crippen LogP contribution in [0, 0.1) is 5.82 Å². The van der Waals surface area contributed by atoms with E-state index in [1.54, 1.807) is 12.1 Å². The molecule has 1 aliphatic heterocycles. The summed E-state index contributed by atoms with van der Waals surface area (Å²) >= 11 is 5.71. The summed E-state index contributed by atoms with van der Waals surface area (Å²) in [5.41, 5.74) is 0.955. The van der Waals surface area contributed by atoms with Gasteiger partial charge in [-0.2, -0.15) is 0 Å². The quantitative estimate of drug-likeness (QED) is 0.771. The van der Waals surface area contributed by atoms with Crippen molar-refractivity contribution in [1.29, 1.82) is 0 Å². The number of piperazine rings is 1. The van der Waals surface area contributed by atoms with Crippen molar-refractivity contribution in [2.24, 2.45) is 0 Å². The van der Waals surface area contributed by atoms with E-state index in [1.807, 2.05) is 12.1 Å². The zero-order chi connectivity index (χ0) is 17.8. The number of nitrogens with one attached hydrogen (secondary N) is 2. The second kappa shape index (κ2) is 7.72. The van der Waals surface area contributed by atoms with Crippen molar-refractivity contribution in [2.45, 2.75) is 0 Å². The van der Waals surface area contributed by atoms with Crippen molar-refractivity contribution >= 4 is 28.9 Å². The van der Waals surface area contributed by atoms with Crippen LogP contribution in [0.4, 0.5) is 15.8 Å². The minimum absolute atomic E-state index is 0.140. The molecule has 1 heterocycles. The third kappa shape index (κ3) is 4.41. The number of aromatic hydroxyl groups is 1. The summed E-state index contributed by atoms with van der Waals surface area (Å²) in [5, 5.41) is 12.8. The zero-order valence-corrected chi connectivity index (χ0v) is 14.4. The van der Waals surface area contributed by atoms with E-state index in [1.165, 1.54) is 18.2 Å². The fourth-order valence-corrected chi connectivity index (χ4v) is 3.14. The SMILES string of the molecule is O=C(C[NH+]1CCN(c2ccccc2O)CC1)Nc1ccc(Cl)cc1F. The highest BCUT2D eigenvalue weighted by atomic mass is 35.5. The Morgan fingerprint density at radius 3 is 2.64 bits per heavy atom. The van der Waals surface area contributed by atoms with Crippen molar-refractivity contribution < 1.29 is 19.2 Å². The molecule has 0 bridgehead atoms. The molecule has 0 aliphatic carbocycles. The van der Waals surface area contributed by atoms with E-state index < -0.39 is 5.82 Å². The van der Waals surface area contributed by atoms with Gasteiger partial charge in [0.2, 0.25) is 0 Å². The van der Waals surface area contributed by atoms with Crippen LogP contribution in [0.2, 0.25) is 5.02 Å². The molecule has 3 N–H and O–H groups in total. The summed E-state index contributed by atoms with van der Waals surface area (Å²) in [6.45, 7) is 3.30. The molecular weight excluding hydrogens is 345 g/mol. The van der Waals surface area contributed by atoms with Gasteiger partial charge in [-0.15, -0.1) is 0 Å². The van der Waals surface area contributed by atoms with Crippen molar-refractivity contribution in [2.75, 3.05) is 42.9 Å². The topological polar surface area (TPSA) is 57.0 Å². The van der Waals surface area contributed by atoms with Crippen LogP contribution in [-0.4, -0.2) is 43.7 Å². The zero-order valence-electron chi connectivity index (χ0n) is 13.6. The van der Waals surface area contributed by atoms with Crippen molar-refractivity contribution in [3.8, 4) is 5.75 Å². The number of hydrogen-bond acceptors (Lipinski definition) is 3. The van der Waals surface area contributed by atoms with Gasteiger partial charge in [-0.05, 0) is 30.3 Å². The summed E-state index contributed by atoms with van der Waals surface area (Å²) in [7, 11) is 0. The number of amides is 1. The Morgan fingerprint density at radius 2 is 1.96 bits per heavy atom. The average Bonchev–Trinajstić information content (AvgIpc) is 2.59. The van der Waals surface area contributed by atoms with Crippen LogP contribution < -0.4 is 15.1 Å². The van der Waals surface area contributed by atoms with Gasteiger partial charge in [0.05, 0.1) is 37.6 Å². The van der Waals surface area contributed by atoms with Crippen molar-refractivity contribution in [3.05, 3.63) is 53.3 Å².